The lowest BCUT2D eigenvalue weighted by molar-refractivity contribution is -0.111. The van der Waals surface area contributed by atoms with Crippen molar-refractivity contribution in [2.24, 2.45) is 0 Å². The number of amides is 1. The molecule has 0 saturated carbocycles. The van der Waals surface area contributed by atoms with Crippen molar-refractivity contribution in [2.75, 3.05) is 5.32 Å². The van der Waals surface area contributed by atoms with E-state index in [0.717, 1.165) is 4.88 Å². The summed E-state index contributed by atoms with van der Waals surface area (Å²) in [4.78, 5) is 12.7. The largest absolute Gasteiger partial charge is 0.322 e. The molecule has 0 bridgehead atoms. The lowest BCUT2D eigenvalue weighted by Crippen LogP contribution is -2.07. The first-order chi connectivity index (χ1) is 8.78. The summed E-state index contributed by atoms with van der Waals surface area (Å²) in [7, 11) is 0. The molecule has 0 saturated heterocycles. The topological polar surface area (TPSA) is 52.9 Å². The van der Waals surface area contributed by atoms with Crippen LogP contribution < -0.4 is 5.32 Å². The van der Waals surface area contributed by atoms with Crippen molar-refractivity contribution in [3.05, 3.63) is 58.3 Å². The SMILES string of the molecule is N#Cc1cccc(NC(=O)/C=C/c2cccs2)c1. The minimum absolute atomic E-state index is 0.210. The van der Waals surface area contributed by atoms with Gasteiger partial charge in [0.15, 0.2) is 0 Å². The van der Waals surface area contributed by atoms with Crippen LogP contribution in [0.5, 0.6) is 0 Å². The zero-order valence-electron chi connectivity index (χ0n) is 9.46. The van der Waals surface area contributed by atoms with Crippen LogP contribution in [-0.2, 0) is 4.79 Å². The van der Waals surface area contributed by atoms with Gasteiger partial charge in [0.1, 0.15) is 0 Å². The second kappa shape index (κ2) is 5.80. The second-order valence-electron chi connectivity index (χ2n) is 3.53. The molecule has 18 heavy (non-hydrogen) atoms. The lowest BCUT2D eigenvalue weighted by Gasteiger charge is -2.01. The van der Waals surface area contributed by atoms with Gasteiger partial charge in [0.2, 0.25) is 5.91 Å². The third-order valence-corrected chi connectivity index (χ3v) is 3.04. The highest BCUT2D eigenvalue weighted by Gasteiger charge is 1.99. The maximum atomic E-state index is 11.6. The Morgan fingerprint density at radius 3 is 2.94 bits per heavy atom. The molecule has 2 rings (SSSR count). The molecule has 1 aromatic heterocycles. The molecular formula is C14H10N2OS. The van der Waals surface area contributed by atoms with Crippen LogP contribution in [0.1, 0.15) is 10.4 Å². The number of rotatable bonds is 3. The van der Waals surface area contributed by atoms with Crippen molar-refractivity contribution >= 4 is 29.0 Å². The van der Waals surface area contributed by atoms with Crippen molar-refractivity contribution in [2.45, 2.75) is 0 Å². The Hall–Kier alpha value is -2.38. The molecule has 0 atom stereocenters. The number of benzene rings is 1. The van der Waals surface area contributed by atoms with E-state index in [2.05, 4.69) is 5.32 Å². The molecule has 4 heteroatoms. The van der Waals surface area contributed by atoms with Gasteiger partial charge in [-0.3, -0.25) is 4.79 Å². The first kappa shape index (κ1) is 12.1. The van der Waals surface area contributed by atoms with Gasteiger partial charge >= 0.3 is 0 Å². The predicted octanol–water partition coefficient (Wildman–Crippen LogP) is 3.27. The smallest absolute Gasteiger partial charge is 0.248 e. The number of nitrogens with zero attached hydrogens (tertiary/aromatic N) is 1. The first-order valence-corrected chi connectivity index (χ1v) is 6.18. The third kappa shape index (κ3) is 3.30. The van der Waals surface area contributed by atoms with Gasteiger partial charge in [0, 0.05) is 16.6 Å². The van der Waals surface area contributed by atoms with Crippen LogP contribution in [0.3, 0.4) is 0 Å². The van der Waals surface area contributed by atoms with Crippen LogP contribution in [0.15, 0.2) is 47.9 Å². The number of carbonyl (C=O) groups is 1. The second-order valence-corrected chi connectivity index (χ2v) is 4.51. The third-order valence-electron chi connectivity index (χ3n) is 2.20. The quantitative estimate of drug-likeness (QED) is 0.855. The molecule has 0 aliphatic rings. The molecule has 0 spiro atoms. The number of carbonyl (C=O) groups excluding carboxylic acids is 1. The Labute approximate surface area is 109 Å². The highest BCUT2D eigenvalue weighted by Crippen LogP contribution is 2.12. The summed E-state index contributed by atoms with van der Waals surface area (Å²) < 4.78 is 0. The highest BCUT2D eigenvalue weighted by atomic mass is 32.1. The molecule has 1 N–H and O–H groups in total. The molecule has 1 aromatic carbocycles. The van der Waals surface area contributed by atoms with Gasteiger partial charge in [0.25, 0.3) is 0 Å². The van der Waals surface area contributed by atoms with Gasteiger partial charge in [-0.1, -0.05) is 12.1 Å². The number of nitriles is 1. The van der Waals surface area contributed by atoms with E-state index in [0.29, 0.717) is 11.3 Å². The van der Waals surface area contributed by atoms with E-state index in [1.54, 1.807) is 41.7 Å². The normalized spacial score (nSPS) is 10.2. The molecule has 0 radical (unpaired) electrons. The van der Waals surface area contributed by atoms with Crippen molar-refractivity contribution in [3.63, 3.8) is 0 Å². The van der Waals surface area contributed by atoms with Crippen LogP contribution in [-0.4, -0.2) is 5.91 Å². The summed E-state index contributed by atoms with van der Waals surface area (Å²) in [5.41, 5.74) is 1.14. The monoisotopic (exact) mass is 254 g/mol. The number of hydrogen-bond donors (Lipinski definition) is 1. The molecule has 0 aliphatic heterocycles. The van der Waals surface area contributed by atoms with Gasteiger partial charge < -0.3 is 5.32 Å². The summed E-state index contributed by atoms with van der Waals surface area (Å²) in [5, 5.41) is 13.4. The van der Waals surface area contributed by atoms with Gasteiger partial charge in [-0.05, 0) is 35.7 Å². The van der Waals surface area contributed by atoms with Crippen LogP contribution in [0.2, 0.25) is 0 Å². The van der Waals surface area contributed by atoms with E-state index < -0.39 is 0 Å². The molecule has 0 unspecified atom stereocenters. The molecular weight excluding hydrogens is 244 g/mol. The van der Waals surface area contributed by atoms with E-state index in [1.165, 1.54) is 6.08 Å². The van der Waals surface area contributed by atoms with Crippen molar-refractivity contribution < 1.29 is 4.79 Å². The zero-order chi connectivity index (χ0) is 12.8. The van der Waals surface area contributed by atoms with E-state index in [9.17, 15) is 4.79 Å². The number of hydrogen-bond acceptors (Lipinski definition) is 3. The highest BCUT2D eigenvalue weighted by molar-refractivity contribution is 7.10. The van der Waals surface area contributed by atoms with Crippen LogP contribution in [0, 0.1) is 11.3 Å². The van der Waals surface area contributed by atoms with Gasteiger partial charge in [0.05, 0.1) is 11.6 Å². The molecule has 88 valence electrons. The van der Waals surface area contributed by atoms with Crippen LogP contribution >= 0.6 is 11.3 Å². The van der Waals surface area contributed by atoms with Gasteiger partial charge in [-0.2, -0.15) is 5.26 Å². The fourth-order valence-electron chi connectivity index (χ4n) is 1.39. The first-order valence-electron chi connectivity index (χ1n) is 5.30. The maximum Gasteiger partial charge on any atom is 0.248 e. The summed E-state index contributed by atoms with van der Waals surface area (Å²) >= 11 is 1.57. The van der Waals surface area contributed by atoms with Crippen LogP contribution in [0.4, 0.5) is 5.69 Å². The average molecular weight is 254 g/mol. The van der Waals surface area contributed by atoms with Crippen molar-refractivity contribution in [3.8, 4) is 6.07 Å². The Bertz CT molecular complexity index is 609. The maximum absolute atomic E-state index is 11.6. The van der Waals surface area contributed by atoms with E-state index in [4.69, 9.17) is 5.26 Å². The van der Waals surface area contributed by atoms with Gasteiger partial charge in [-0.25, -0.2) is 0 Å². The minimum atomic E-state index is -0.210. The fraction of sp³-hybridized carbons (Fsp3) is 0. The standard InChI is InChI=1S/C14H10N2OS/c15-10-11-3-1-4-12(9-11)16-14(17)7-6-13-5-2-8-18-13/h1-9H,(H,16,17)/b7-6+. The zero-order valence-corrected chi connectivity index (χ0v) is 10.3. The average Bonchev–Trinajstić information content (AvgIpc) is 2.90. The lowest BCUT2D eigenvalue weighted by atomic mass is 10.2. The van der Waals surface area contributed by atoms with Crippen molar-refractivity contribution in [1.82, 2.24) is 0 Å². The Morgan fingerprint density at radius 1 is 1.33 bits per heavy atom. The Morgan fingerprint density at radius 2 is 2.22 bits per heavy atom. The summed E-state index contributed by atoms with van der Waals surface area (Å²) in [6.45, 7) is 0. The molecule has 3 nitrogen and oxygen atoms in total. The Kier molecular flexibility index (Phi) is 3.90. The van der Waals surface area contributed by atoms with Crippen molar-refractivity contribution in [1.29, 1.82) is 5.26 Å². The molecule has 0 fully saturated rings. The van der Waals surface area contributed by atoms with E-state index >= 15 is 0 Å². The minimum Gasteiger partial charge on any atom is -0.322 e. The molecule has 1 amide bonds. The summed E-state index contributed by atoms with van der Waals surface area (Å²) in [5.74, 6) is -0.210. The molecule has 1 heterocycles. The van der Waals surface area contributed by atoms with Gasteiger partial charge in [-0.15, -0.1) is 11.3 Å². The predicted molar refractivity (Wildman–Crippen MR) is 73.1 cm³/mol. The number of thiophene rings is 1. The van der Waals surface area contributed by atoms with E-state index in [-0.39, 0.29) is 5.91 Å². The van der Waals surface area contributed by atoms with Crippen LogP contribution in [0.25, 0.3) is 6.08 Å². The fourth-order valence-corrected chi connectivity index (χ4v) is 2.01. The number of anilines is 1. The Balaban J connectivity index is 2.01. The number of nitrogens with one attached hydrogen (secondary N) is 1. The molecule has 0 aliphatic carbocycles. The molecule has 2 aromatic rings. The summed E-state index contributed by atoms with van der Waals surface area (Å²) in [6.07, 6.45) is 3.24. The summed E-state index contributed by atoms with van der Waals surface area (Å²) in [6, 6.07) is 12.7. The van der Waals surface area contributed by atoms with E-state index in [1.807, 2.05) is 23.6 Å².